The summed E-state index contributed by atoms with van der Waals surface area (Å²) in [5.41, 5.74) is 3.76. The molecule has 2 aromatic carbocycles. The fraction of sp³-hybridized carbons (Fsp3) is 0.190. The molecule has 0 spiro atoms. The fourth-order valence-electron chi connectivity index (χ4n) is 3.50. The highest BCUT2D eigenvalue weighted by atomic mass is 19.1. The zero-order valence-corrected chi connectivity index (χ0v) is 15.6. The predicted octanol–water partition coefficient (Wildman–Crippen LogP) is 3.48. The van der Waals surface area contributed by atoms with E-state index < -0.39 is 5.82 Å². The van der Waals surface area contributed by atoms with Crippen LogP contribution >= 0.6 is 0 Å². The van der Waals surface area contributed by atoms with Gasteiger partial charge in [-0.1, -0.05) is 12.1 Å². The Hall–Kier alpha value is -3.48. The SMILES string of the molecule is CC(=O)N1CCc2cc(NC(=O)c3cnn(-c4ccccc4F)c3C)ccc21. The molecule has 3 aromatic rings. The molecule has 2 heterocycles. The number of nitrogens with one attached hydrogen (secondary N) is 1. The van der Waals surface area contributed by atoms with Crippen molar-refractivity contribution in [3.8, 4) is 5.69 Å². The molecule has 28 heavy (non-hydrogen) atoms. The van der Waals surface area contributed by atoms with Crippen molar-refractivity contribution in [3.63, 3.8) is 0 Å². The van der Waals surface area contributed by atoms with Crippen LogP contribution in [-0.2, 0) is 11.2 Å². The highest BCUT2D eigenvalue weighted by Gasteiger charge is 2.23. The van der Waals surface area contributed by atoms with Gasteiger partial charge in [-0.05, 0) is 49.2 Å². The van der Waals surface area contributed by atoms with Gasteiger partial charge < -0.3 is 10.2 Å². The van der Waals surface area contributed by atoms with Gasteiger partial charge in [-0.25, -0.2) is 9.07 Å². The zero-order valence-electron chi connectivity index (χ0n) is 15.6. The highest BCUT2D eigenvalue weighted by Crippen LogP contribution is 2.30. The van der Waals surface area contributed by atoms with Crippen LogP contribution in [-0.4, -0.2) is 28.1 Å². The first kappa shape index (κ1) is 17.9. The highest BCUT2D eigenvalue weighted by molar-refractivity contribution is 6.05. The molecule has 0 saturated heterocycles. The molecular weight excluding hydrogens is 359 g/mol. The minimum atomic E-state index is -0.408. The number of hydrogen-bond acceptors (Lipinski definition) is 3. The number of benzene rings is 2. The van der Waals surface area contributed by atoms with Crippen LogP contribution in [0.4, 0.5) is 15.8 Å². The van der Waals surface area contributed by atoms with E-state index >= 15 is 0 Å². The summed E-state index contributed by atoms with van der Waals surface area (Å²) in [6.45, 7) is 3.92. The van der Waals surface area contributed by atoms with E-state index in [-0.39, 0.29) is 11.8 Å². The smallest absolute Gasteiger partial charge is 0.259 e. The normalized spacial score (nSPS) is 12.8. The average Bonchev–Trinajstić information content (AvgIpc) is 3.25. The maximum Gasteiger partial charge on any atom is 0.259 e. The van der Waals surface area contributed by atoms with Crippen molar-refractivity contribution in [1.29, 1.82) is 0 Å². The summed E-state index contributed by atoms with van der Waals surface area (Å²) < 4.78 is 15.5. The van der Waals surface area contributed by atoms with Crippen molar-refractivity contribution >= 4 is 23.2 Å². The van der Waals surface area contributed by atoms with E-state index in [1.807, 2.05) is 12.1 Å². The molecule has 1 aliphatic heterocycles. The third-order valence-corrected chi connectivity index (χ3v) is 4.95. The number of rotatable bonds is 3. The summed E-state index contributed by atoms with van der Waals surface area (Å²) in [7, 11) is 0. The largest absolute Gasteiger partial charge is 0.322 e. The molecule has 7 heteroatoms. The van der Waals surface area contributed by atoms with Crippen LogP contribution in [0.1, 0.15) is 28.5 Å². The molecule has 0 aliphatic carbocycles. The Morgan fingerprint density at radius 3 is 2.68 bits per heavy atom. The van der Waals surface area contributed by atoms with E-state index in [9.17, 15) is 14.0 Å². The second-order valence-electron chi connectivity index (χ2n) is 6.73. The first-order valence-corrected chi connectivity index (χ1v) is 8.97. The minimum Gasteiger partial charge on any atom is -0.322 e. The number of halogens is 1. The average molecular weight is 378 g/mol. The molecule has 6 nitrogen and oxygen atoms in total. The topological polar surface area (TPSA) is 67.2 Å². The Kier molecular flexibility index (Phi) is 4.43. The second-order valence-corrected chi connectivity index (χ2v) is 6.73. The van der Waals surface area contributed by atoms with Crippen LogP contribution in [0.2, 0.25) is 0 Å². The molecule has 0 saturated carbocycles. The number of para-hydroxylation sites is 1. The van der Waals surface area contributed by atoms with Crippen molar-refractivity contribution in [2.45, 2.75) is 20.3 Å². The Labute approximate surface area is 161 Å². The predicted molar refractivity (Wildman–Crippen MR) is 104 cm³/mol. The summed E-state index contributed by atoms with van der Waals surface area (Å²) in [4.78, 5) is 26.1. The standard InChI is InChI=1S/C21H19FN4O2/c1-13-17(12-23-26(13)20-6-4-3-5-18(20)22)21(28)24-16-7-8-19-15(11-16)9-10-25(19)14(2)27/h3-8,11-12H,9-10H2,1-2H3,(H,24,28). The summed E-state index contributed by atoms with van der Waals surface area (Å²) in [6.07, 6.45) is 2.19. The molecule has 0 bridgehead atoms. The maximum atomic E-state index is 14.0. The summed E-state index contributed by atoms with van der Waals surface area (Å²) >= 11 is 0. The van der Waals surface area contributed by atoms with Gasteiger partial charge in [0.15, 0.2) is 0 Å². The van der Waals surface area contributed by atoms with Crippen LogP contribution in [0, 0.1) is 12.7 Å². The lowest BCUT2D eigenvalue weighted by atomic mass is 10.1. The summed E-state index contributed by atoms with van der Waals surface area (Å²) in [6, 6.07) is 11.8. The molecule has 0 radical (unpaired) electrons. The van der Waals surface area contributed by atoms with E-state index in [1.54, 1.807) is 43.0 Å². The Morgan fingerprint density at radius 1 is 1.14 bits per heavy atom. The molecular formula is C21H19FN4O2. The van der Waals surface area contributed by atoms with Gasteiger partial charge in [0.05, 0.1) is 17.5 Å². The lowest BCUT2D eigenvalue weighted by Crippen LogP contribution is -2.25. The Morgan fingerprint density at radius 2 is 1.93 bits per heavy atom. The van der Waals surface area contributed by atoms with Crippen molar-refractivity contribution in [2.24, 2.45) is 0 Å². The van der Waals surface area contributed by atoms with E-state index in [2.05, 4.69) is 10.4 Å². The quantitative estimate of drug-likeness (QED) is 0.759. The third-order valence-electron chi connectivity index (χ3n) is 4.95. The Bertz CT molecular complexity index is 1090. The lowest BCUT2D eigenvalue weighted by molar-refractivity contribution is -0.116. The maximum absolute atomic E-state index is 14.0. The van der Waals surface area contributed by atoms with Gasteiger partial charge >= 0.3 is 0 Å². The fourth-order valence-corrected chi connectivity index (χ4v) is 3.50. The van der Waals surface area contributed by atoms with Crippen molar-refractivity contribution in [1.82, 2.24) is 9.78 Å². The van der Waals surface area contributed by atoms with Gasteiger partial charge in [0, 0.05) is 24.8 Å². The molecule has 1 aliphatic rings. The molecule has 0 unspecified atom stereocenters. The number of amides is 2. The molecule has 2 amide bonds. The van der Waals surface area contributed by atoms with Crippen LogP contribution in [0.25, 0.3) is 5.69 Å². The molecule has 0 atom stereocenters. The number of anilines is 2. The van der Waals surface area contributed by atoms with E-state index in [1.165, 1.54) is 16.9 Å². The van der Waals surface area contributed by atoms with E-state index in [0.717, 1.165) is 17.7 Å². The van der Waals surface area contributed by atoms with Crippen molar-refractivity contribution in [2.75, 3.05) is 16.8 Å². The number of carbonyl (C=O) groups excluding carboxylic acids is 2. The van der Waals surface area contributed by atoms with Gasteiger partial charge in [-0.15, -0.1) is 0 Å². The van der Waals surface area contributed by atoms with Crippen LogP contribution in [0.15, 0.2) is 48.7 Å². The van der Waals surface area contributed by atoms with E-state index in [0.29, 0.717) is 29.2 Å². The first-order chi connectivity index (χ1) is 13.5. The van der Waals surface area contributed by atoms with Crippen molar-refractivity contribution < 1.29 is 14.0 Å². The number of fused-ring (bicyclic) bond motifs is 1. The van der Waals surface area contributed by atoms with Gasteiger partial charge in [0.25, 0.3) is 5.91 Å². The number of hydrogen-bond donors (Lipinski definition) is 1. The first-order valence-electron chi connectivity index (χ1n) is 8.97. The Balaban J connectivity index is 1.57. The second kappa shape index (κ2) is 6.92. The van der Waals surface area contributed by atoms with Gasteiger partial charge in [-0.2, -0.15) is 5.10 Å². The minimum absolute atomic E-state index is 0.00622. The monoisotopic (exact) mass is 378 g/mol. The van der Waals surface area contributed by atoms with Gasteiger partial charge in [-0.3, -0.25) is 9.59 Å². The zero-order chi connectivity index (χ0) is 19.8. The molecule has 142 valence electrons. The number of carbonyl (C=O) groups is 2. The molecule has 0 fully saturated rings. The molecule has 1 N–H and O–H groups in total. The number of aromatic nitrogens is 2. The van der Waals surface area contributed by atoms with Crippen LogP contribution < -0.4 is 10.2 Å². The van der Waals surface area contributed by atoms with Crippen molar-refractivity contribution in [3.05, 3.63) is 71.3 Å². The van der Waals surface area contributed by atoms with Gasteiger partial charge in [0.1, 0.15) is 11.5 Å². The van der Waals surface area contributed by atoms with Crippen LogP contribution in [0.5, 0.6) is 0 Å². The van der Waals surface area contributed by atoms with Crippen LogP contribution in [0.3, 0.4) is 0 Å². The molecule has 1 aromatic heterocycles. The summed E-state index contributed by atoms with van der Waals surface area (Å²) in [5, 5.41) is 7.03. The van der Waals surface area contributed by atoms with E-state index in [4.69, 9.17) is 0 Å². The third kappa shape index (κ3) is 3.05. The number of nitrogens with zero attached hydrogens (tertiary/aromatic N) is 3. The summed E-state index contributed by atoms with van der Waals surface area (Å²) in [5.74, 6) is -0.720. The molecule has 4 rings (SSSR count). The van der Waals surface area contributed by atoms with Gasteiger partial charge in [0.2, 0.25) is 5.91 Å². The lowest BCUT2D eigenvalue weighted by Gasteiger charge is -2.15.